The van der Waals surface area contributed by atoms with E-state index in [-0.39, 0.29) is 17.3 Å². The molecule has 1 amide bonds. The molecule has 1 fully saturated rings. The maximum absolute atomic E-state index is 11.8. The summed E-state index contributed by atoms with van der Waals surface area (Å²) in [5.74, 6) is 0.160. The van der Waals surface area contributed by atoms with Gasteiger partial charge in [0.2, 0.25) is 11.9 Å². The summed E-state index contributed by atoms with van der Waals surface area (Å²) in [5, 5.41) is 10.4. The Kier molecular flexibility index (Phi) is 2.59. The van der Waals surface area contributed by atoms with Crippen LogP contribution in [-0.2, 0) is 4.79 Å². The van der Waals surface area contributed by atoms with Crippen molar-refractivity contribution in [3.8, 4) is 0 Å². The number of amides is 1. The van der Waals surface area contributed by atoms with Crippen LogP contribution in [0.4, 0.5) is 5.95 Å². The van der Waals surface area contributed by atoms with E-state index in [1.165, 1.54) is 0 Å². The lowest BCUT2D eigenvalue weighted by molar-refractivity contribution is -0.120. The largest absolute Gasteiger partial charge is 0.329 e. The Labute approximate surface area is 93.7 Å². The Morgan fingerprint density at radius 1 is 1.38 bits per heavy atom. The third kappa shape index (κ3) is 1.88. The number of anilines is 1. The number of hydrogen-bond acceptors (Lipinski definition) is 5. The van der Waals surface area contributed by atoms with Crippen LogP contribution in [0, 0.1) is 19.3 Å². The fraction of sp³-hybridized carbons (Fsp3) is 0.600. The van der Waals surface area contributed by atoms with Gasteiger partial charge in [-0.3, -0.25) is 10.1 Å². The highest BCUT2D eigenvalue weighted by Gasteiger charge is 2.48. The summed E-state index contributed by atoms with van der Waals surface area (Å²) in [4.78, 5) is 16.0. The average Bonchev–Trinajstić information content (AvgIpc) is 3.04. The van der Waals surface area contributed by atoms with Gasteiger partial charge in [-0.25, -0.2) is 4.98 Å². The van der Waals surface area contributed by atoms with Crippen LogP contribution >= 0.6 is 0 Å². The molecule has 6 nitrogen and oxygen atoms in total. The fourth-order valence-electron chi connectivity index (χ4n) is 1.42. The first-order chi connectivity index (χ1) is 7.57. The zero-order valence-corrected chi connectivity index (χ0v) is 9.45. The Morgan fingerprint density at radius 2 is 2.06 bits per heavy atom. The average molecular weight is 221 g/mol. The minimum atomic E-state index is -0.387. The number of hydrogen-bond donors (Lipinski definition) is 2. The Balaban J connectivity index is 2.09. The van der Waals surface area contributed by atoms with Crippen LogP contribution in [0.15, 0.2) is 0 Å². The molecule has 1 aromatic heterocycles. The van der Waals surface area contributed by atoms with E-state index in [0.29, 0.717) is 6.54 Å². The van der Waals surface area contributed by atoms with Crippen molar-refractivity contribution in [2.24, 2.45) is 11.1 Å². The molecule has 1 saturated carbocycles. The van der Waals surface area contributed by atoms with Gasteiger partial charge in [-0.05, 0) is 26.7 Å². The van der Waals surface area contributed by atoms with Gasteiger partial charge in [-0.15, -0.1) is 5.10 Å². The lowest BCUT2D eigenvalue weighted by Crippen LogP contribution is -2.31. The molecule has 0 bridgehead atoms. The number of aromatic nitrogens is 3. The SMILES string of the molecule is Cc1nnc(NC(=O)C2(CN)CC2)nc1C. The van der Waals surface area contributed by atoms with Gasteiger partial charge in [0.15, 0.2) is 0 Å². The summed E-state index contributed by atoms with van der Waals surface area (Å²) >= 11 is 0. The second-order valence-electron chi connectivity index (χ2n) is 4.24. The summed E-state index contributed by atoms with van der Waals surface area (Å²) in [6.45, 7) is 4.02. The Morgan fingerprint density at radius 3 is 2.56 bits per heavy atom. The van der Waals surface area contributed by atoms with Gasteiger partial charge in [-0.2, -0.15) is 5.10 Å². The third-order valence-electron chi connectivity index (χ3n) is 3.04. The molecule has 0 atom stereocenters. The minimum absolute atomic E-state index is 0.0972. The highest BCUT2D eigenvalue weighted by Crippen LogP contribution is 2.45. The van der Waals surface area contributed by atoms with Crippen molar-refractivity contribution in [3.63, 3.8) is 0 Å². The Bertz CT molecular complexity index is 427. The van der Waals surface area contributed by atoms with Crippen molar-refractivity contribution in [3.05, 3.63) is 11.4 Å². The van der Waals surface area contributed by atoms with Gasteiger partial charge < -0.3 is 5.73 Å². The number of aryl methyl sites for hydroxylation is 2. The highest BCUT2D eigenvalue weighted by atomic mass is 16.2. The van der Waals surface area contributed by atoms with Crippen molar-refractivity contribution in [1.29, 1.82) is 0 Å². The second kappa shape index (κ2) is 3.79. The van der Waals surface area contributed by atoms with E-state index in [4.69, 9.17) is 5.73 Å². The first-order valence-electron chi connectivity index (χ1n) is 5.27. The maximum atomic E-state index is 11.8. The molecule has 0 saturated heterocycles. The molecule has 3 N–H and O–H groups in total. The maximum Gasteiger partial charge on any atom is 0.249 e. The standard InChI is InChI=1S/C10H15N5O/c1-6-7(2)14-15-9(12-6)13-8(16)10(5-11)3-4-10/h3-5,11H2,1-2H3,(H,12,13,15,16). The van der Waals surface area contributed by atoms with E-state index < -0.39 is 0 Å². The topological polar surface area (TPSA) is 93.8 Å². The number of nitrogens with two attached hydrogens (primary N) is 1. The lowest BCUT2D eigenvalue weighted by atomic mass is 10.1. The zero-order chi connectivity index (χ0) is 11.8. The molecule has 86 valence electrons. The quantitative estimate of drug-likeness (QED) is 0.758. The molecule has 16 heavy (non-hydrogen) atoms. The summed E-state index contributed by atoms with van der Waals surface area (Å²) in [6, 6.07) is 0. The predicted molar refractivity (Wildman–Crippen MR) is 58.7 cm³/mol. The summed E-state index contributed by atoms with van der Waals surface area (Å²) in [5.41, 5.74) is 6.70. The van der Waals surface area contributed by atoms with Crippen LogP contribution in [-0.4, -0.2) is 27.6 Å². The first kappa shape index (κ1) is 10.9. The Hall–Kier alpha value is -1.56. The van der Waals surface area contributed by atoms with Crippen LogP contribution < -0.4 is 11.1 Å². The van der Waals surface area contributed by atoms with Crippen LogP contribution in [0.5, 0.6) is 0 Å². The molecule has 0 spiro atoms. The number of carbonyl (C=O) groups excluding carboxylic acids is 1. The third-order valence-corrected chi connectivity index (χ3v) is 3.04. The number of carbonyl (C=O) groups is 1. The number of nitrogens with one attached hydrogen (secondary N) is 1. The van der Waals surface area contributed by atoms with Gasteiger partial charge in [0.05, 0.1) is 16.8 Å². The molecule has 1 aliphatic rings. The minimum Gasteiger partial charge on any atom is -0.329 e. The normalized spacial score (nSPS) is 16.9. The molecule has 0 unspecified atom stereocenters. The van der Waals surface area contributed by atoms with Crippen LogP contribution in [0.3, 0.4) is 0 Å². The molecule has 1 heterocycles. The van der Waals surface area contributed by atoms with Crippen LogP contribution in [0.1, 0.15) is 24.2 Å². The molecule has 1 aliphatic carbocycles. The van der Waals surface area contributed by atoms with E-state index in [0.717, 1.165) is 24.2 Å². The molecular formula is C10H15N5O. The molecule has 0 aliphatic heterocycles. The highest BCUT2D eigenvalue weighted by molar-refractivity contribution is 5.96. The smallest absolute Gasteiger partial charge is 0.249 e. The van der Waals surface area contributed by atoms with E-state index in [1.807, 2.05) is 13.8 Å². The fourth-order valence-corrected chi connectivity index (χ4v) is 1.42. The van der Waals surface area contributed by atoms with Gasteiger partial charge in [0, 0.05) is 6.54 Å². The predicted octanol–water partition coefficient (Wildman–Crippen LogP) is 0.166. The van der Waals surface area contributed by atoms with Crippen LogP contribution in [0.25, 0.3) is 0 Å². The molecular weight excluding hydrogens is 206 g/mol. The summed E-state index contributed by atoms with van der Waals surface area (Å²) in [7, 11) is 0. The summed E-state index contributed by atoms with van der Waals surface area (Å²) < 4.78 is 0. The van der Waals surface area contributed by atoms with E-state index in [2.05, 4.69) is 20.5 Å². The van der Waals surface area contributed by atoms with Crippen molar-refractivity contribution in [1.82, 2.24) is 15.2 Å². The van der Waals surface area contributed by atoms with Crippen molar-refractivity contribution >= 4 is 11.9 Å². The monoisotopic (exact) mass is 221 g/mol. The van der Waals surface area contributed by atoms with Gasteiger partial charge >= 0.3 is 0 Å². The van der Waals surface area contributed by atoms with E-state index in [9.17, 15) is 4.79 Å². The number of rotatable bonds is 3. The first-order valence-corrected chi connectivity index (χ1v) is 5.27. The number of nitrogens with zero attached hydrogens (tertiary/aromatic N) is 3. The molecule has 2 rings (SSSR count). The molecule has 0 radical (unpaired) electrons. The van der Waals surface area contributed by atoms with Gasteiger partial charge in [0.25, 0.3) is 0 Å². The van der Waals surface area contributed by atoms with Crippen LogP contribution in [0.2, 0.25) is 0 Å². The zero-order valence-electron chi connectivity index (χ0n) is 9.45. The molecule has 0 aromatic carbocycles. The van der Waals surface area contributed by atoms with E-state index in [1.54, 1.807) is 0 Å². The van der Waals surface area contributed by atoms with Gasteiger partial charge in [0.1, 0.15) is 0 Å². The molecule has 6 heteroatoms. The van der Waals surface area contributed by atoms with E-state index >= 15 is 0 Å². The second-order valence-corrected chi connectivity index (χ2v) is 4.24. The van der Waals surface area contributed by atoms with Crippen molar-refractivity contribution < 1.29 is 4.79 Å². The summed E-state index contributed by atoms with van der Waals surface area (Å²) in [6.07, 6.45) is 1.68. The molecule has 1 aromatic rings. The van der Waals surface area contributed by atoms with Crippen molar-refractivity contribution in [2.45, 2.75) is 26.7 Å². The lowest BCUT2D eigenvalue weighted by Gasteiger charge is -2.11. The van der Waals surface area contributed by atoms with Crippen molar-refractivity contribution in [2.75, 3.05) is 11.9 Å². The van der Waals surface area contributed by atoms with Gasteiger partial charge in [-0.1, -0.05) is 0 Å².